The summed E-state index contributed by atoms with van der Waals surface area (Å²) in [5, 5.41) is 2.86. The minimum absolute atomic E-state index is 0. The van der Waals surface area contributed by atoms with Gasteiger partial charge in [0.15, 0.2) is 0 Å². The molecule has 0 fully saturated rings. The smallest absolute Gasteiger partial charge is 0.237 e. The second-order valence-corrected chi connectivity index (χ2v) is 5.84. The molecule has 0 aliphatic carbocycles. The van der Waals surface area contributed by atoms with Gasteiger partial charge in [0, 0.05) is 18.9 Å². The molecule has 1 rings (SSSR count). The summed E-state index contributed by atoms with van der Waals surface area (Å²) >= 11 is 0. The van der Waals surface area contributed by atoms with E-state index >= 15 is 0 Å². The molecule has 1 aromatic rings. The van der Waals surface area contributed by atoms with Gasteiger partial charge in [0.25, 0.3) is 0 Å². The number of halogens is 2. The summed E-state index contributed by atoms with van der Waals surface area (Å²) in [4.78, 5) is 16.1. The minimum Gasteiger partial charge on any atom is -0.348 e. The summed E-state index contributed by atoms with van der Waals surface area (Å²) in [6, 6.07) is -0.437. The zero-order valence-electron chi connectivity index (χ0n) is 13.2. The van der Waals surface area contributed by atoms with Crippen molar-refractivity contribution in [3.63, 3.8) is 0 Å². The quantitative estimate of drug-likeness (QED) is 0.801. The second kappa shape index (κ2) is 10.9. The average Bonchev–Trinajstić information content (AvgIpc) is 2.71. The maximum absolute atomic E-state index is 11.8. The normalized spacial score (nSPS) is 11.8. The maximum atomic E-state index is 11.8. The summed E-state index contributed by atoms with van der Waals surface area (Å²) in [6.07, 6.45) is 4.40. The Hall–Kier alpha value is -0.780. The number of nitrogens with zero attached hydrogens (tertiary/aromatic N) is 2. The Balaban J connectivity index is 0. The largest absolute Gasteiger partial charge is 0.348 e. The standard InChI is InChI=1S/C14H26N4O.2ClH/c1-10(2)7-12(15)14(19)17-8-13-16-5-6-18(13)9-11(3)4;;/h5-6,10-12H,7-9,15H2,1-4H3,(H,17,19);2*1H/t12-;;/m0../s1. The number of aromatic nitrogens is 2. The molecule has 0 aromatic carbocycles. The van der Waals surface area contributed by atoms with Gasteiger partial charge >= 0.3 is 0 Å². The van der Waals surface area contributed by atoms with Crippen LogP contribution in [-0.4, -0.2) is 21.5 Å². The van der Waals surface area contributed by atoms with Gasteiger partial charge in [-0.3, -0.25) is 4.79 Å². The fraction of sp³-hybridized carbons (Fsp3) is 0.714. The molecule has 0 spiro atoms. The Bertz CT molecular complexity index is 407. The van der Waals surface area contributed by atoms with Crippen LogP contribution in [0.2, 0.25) is 0 Å². The summed E-state index contributed by atoms with van der Waals surface area (Å²) in [5.41, 5.74) is 5.84. The van der Waals surface area contributed by atoms with Crippen LogP contribution in [0, 0.1) is 11.8 Å². The number of carbonyl (C=O) groups excluding carboxylic acids is 1. The third-order valence-corrected chi connectivity index (χ3v) is 2.85. The Labute approximate surface area is 139 Å². The average molecular weight is 339 g/mol. The first-order valence-corrected chi connectivity index (χ1v) is 6.93. The molecule has 3 N–H and O–H groups in total. The molecule has 21 heavy (non-hydrogen) atoms. The molecular weight excluding hydrogens is 311 g/mol. The monoisotopic (exact) mass is 338 g/mol. The molecule has 1 aromatic heterocycles. The van der Waals surface area contributed by atoms with Crippen molar-refractivity contribution in [1.82, 2.24) is 14.9 Å². The van der Waals surface area contributed by atoms with E-state index in [-0.39, 0.29) is 30.7 Å². The number of rotatable bonds is 7. The number of nitrogens with one attached hydrogen (secondary N) is 1. The summed E-state index contributed by atoms with van der Waals surface area (Å²) < 4.78 is 2.07. The van der Waals surface area contributed by atoms with E-state index in [4.69, 9.17) is 5.73 Å². The van der Waals surface area contributed by atoms with Gasteiger partial charge in [-0.15, -0.1) is 24.8 Å². The fourth-order valence-corrected chi connectivity index (χ4v) is 1.98. The van der Waals surface area contributed by atoms with Crippen molar-refractivity contribution in [2.75, 3.05) is 0 Å². The molecule has 0 unspecified atom stereocenters. The van der Waals surface area contributed by atoms with E-state index < -0.39 is 6.04 Å². The summed E-state index contributed by atoms with van der Waals surface area (Å²) in [5.74, 6) is 1.74. The highest BCUT2D eigenvalue weighted by Crippen LogP contribution is 2.05. The predicted octanol–water partition coefficient (Wildman–Crippen LogP) is 2.37. The third-order valence-electron chi connectivity index (χ3n) is 2.85. The highest BCUT2D eigenvalue weighted by molar-refractivity contribution is 5.85. The lowest BCUT2D eigenvalue weighted by Gasteiger charge is -2.15. The highest BCUT2D eigenvalue weighted by atomic mass is 35.5. The predicted molar refractivity (Wildman–Crippen MR) is 90.8 cm³/mol. The van der Waals surface area contributed by atoms with Crippen molar-refractivity contribution in [3.8, 4) is 0 Å². The van der Waals surface area contributed by atoms with Gasteiger partial charge in [-0.2, -0.15) is 0 Å². The van der Waals surface area contributed by atoms with Crippen LogP contribution in [0.25, 0.3) is 0 Å². The highest BCUT2D eigenvalue weighted by Gasteiger charge is 2.15. The molecule has 124 valence electrons. The number of imidazole rings is 1. The lowest BCUT2D eigenvalue weighted by Crippen LogP contribution is -2.41. The van der Waals surface area contributed by atoms with Crippen LogP contribution in [-0.2, 0) is 17.9 Å². The van der Waals surface area contributed by atoms with Crippen LogP contribution in [0.5, 0.6) is 0 Å². The molecule has 0 aliphatic rings. The number of amides is 1. The summed E-state index contributed by atoms with van der Waals surface area (Å²) in [7, 11) is 0. The van der Waals surface area contributed by atoms with Crippen LogP contribution in [0.3, 0.4) is 0 Å². The Morgan fingerprint density at radius 3 is 2.43 bits per heavy atom. The van der Waals surface area contributed by atoms with E-state index in [0.717, 1.165) is 12.4 Å². The minimum atomic E-state index is -0.437. The van der Waals surface area contributed by atoms with Gasteiger partial charge in [-0.25, -0.2) is 4.98 Å². The number of nitrogens with two attached hydrogens (primary N) is 1. The van der Waals surface area contributed by atoms with Crippen molar-refractivity contribution in [3.05, 3.63) is 18.2 Å². The van der Waals surface area contributed by atoms with Crippen molar-refractivity contribution >= 4 is 30.7 Å². The topological polar surface area (TPSA) is 72.9 Å². The Morgan fingerprint density at radius 1 is 1.29 bits per heavy atom. The van der Waals surface area contributed by atoms with E-state index in [2.05, 4.69) is 42.6 Å². The Kier molecular flexibility index (Phi) is 11.7. The van der Waals surface area contributed by atoms with E-state index in [1.165, 1.54) is 0 Å². The maximum Gasteiger partial charge on any atom is 0.237 e. The van der Waals surface area contributed by atoms with Gasteiger partial charge in [-0.1, -0.05) is 27.7 Å². The fourth-order valence-electron chi connectivity index (χ4n) is 1.98. The summed E-state index contributed by atoms with van der Waals surface area (Å²) in [6.45, 7) is 9.76. The molecule has 0 bridgehead atoms. The first-order valence-electron chi connectivity index (χ1n) is 6.93. The van der Waals surface area contributed by atoms with Crippen LogP contribution < -0.4 is 11.1 Å². The lowest BCUT2D eigenvalue weighted by atomic mass is 10.0. The SMILES string of the molecule is CC(C)C[C@H](N)C(=O)NCc1nccn1CC(C)C.Cl.Cl. The molecule has 0 saturated heterocycles. The molecule has 0 radical (unpaired) electrons. The molecule has 1 heterocycles. The van der Waals surface area contributed by atoms with E-state index in [1.54, 1.807) is 6.20 Å². The molecular formula is C14H28Cl2N4O. The van der Waals surface area contributed by atoms with Crippen LogP contribution >= 0.6 is 24.8 Å². The number of hydrogen-bond acceptors (Lipinski definition) is 3. The molecule has 1 amide bonds. The van der Waals surface area contributed by atoms with E-state index in [1.807, 2.05) is 6.20 Å². The zero-order valence-corrected chi connectivity index (χ0v) is 14.8. The van der Waals surface area contributed by atoms with Crippen molar-refractivity contribution in [1.29, 1.82) is 0 Å². The number of hydrogen-bond donors (Lipinski definition) is 2. The molecule has 5 nitrogen and oxygen atoms in total. The van der Waals surface area contributed by atoms with Crippen molar-refractivity contribution in [2.45, 2.75) is 53.2 Å². The van der Waals surface area contributed by atoms with E-state index in [0.29, 0.717) is 24.8 Å². The van der Waals surface area contributed by atoms with Gasteiger partial charge in [-0.05, 0) is 18.3 Å². The molecule has 1 atom stereocenters. The van der Waals surface area contributed by atoms with E-state index in [9.17, 15) is 4.79 Å². The third kappa shape index (κ3) is 8.29. The molecule has 0 saturated carbocycles. The Morgan fingerprint density at radius 2 is 1.90 bits per heavy atom. The lowest BCUT2D eigenvalue weighted by molar-refractivity contribution is -0.122. The molecule has 0 aliphatic heterocycles. The van der Waals surface area contributed by atoms with Crippen LogP contribution in [0.4, 0.5) is 0 Å². The van der Waals surface area contributed by atoms with Crippen LogP contribution in [0.15, 0.2) is 12.4 Å². The van der Waals surface area contributed by atoms with Crippen LogP contribution in [0.1, 0.15) is 39.9 Å². The van der Waals surface area contributed by atoms with Gasteiger partial charge in [0.2, 0.25) is 5.91 Å². The van der Waals surface area contributed by atoms with Gasteiger partial charge in [0.05, 0.1) is 12.6 Å². The number of carbonyl (C=O) groups is 1. The van der Waals surface area contributed by atoms with Crippen molar-refractivity contribution in [2.24, 2.45) is 17.6 Å². The first kappa shape index (κ1) is 22.5. The first-order chi connectivity index (χ1) is 8.90. The molecule has 7 heteroatoms. The second-order valence-electron chi connectivity index (χ2n) is 5.84. The van der Waals surface area contributed by atoms with Crippen molar-refractivity contribution < 1.29 is 4.79 Å². The van der Waals surface area contributed by atoms with Gasteiger partial charge in [0.1, 0.15) is 5.82 Å². The zero-order chi connectivity index (χ0) is 14.4. The van der Waals surface area contributed by atoms with Gasteiger partial charge < -0.3 is 15.6 Å².